The molecule has 0 fully saturated rings. The van der Waals surface area contributed by atoms with Gasteiger partial charge in [-0.3, -0.25) is 4.79 Å². The van der Waals surface area contributed by atoms with E-state index in [-0.39, 0.29) is 30.2 Å². The van der Waals surface area contributed by atoms with Crippen LogP contribution in [0, 0.1) is 5.82 Å². The van der Waals surface area contributed by atoms with E-state index in [1.807, 2.05) is 25.1 Å². The second-order valence-corrected chi connectivity index (χ2v) is 5.82. The summed E-state index contributed by atoms with van der Waals surface area (Å²) in [5.74, 6) is -0.530. The van der Waals surface area contributed by atoms with Crippen LogP contribution < -0.4 is 16.0 Å². The number of carbonyl (C=O) groups excluding carboxylic acids is 1. The number of anilines is 3. The van der Waals surface area contributed by atoms with Gasteiger partial charge in [-0.15, -0.1) is 12.4 Å². The molecule has 2 aromatic rings. The van der Waals surface area contributed by atoms with Gasteiger partial charge in [0.1, 0.15) is 11.9 Å². The number of halogens is 2. The summed E-state index contributed by atoms with van der Waals surface area (Å²) < 4.78 is 13.2. The summed E-state index contributed by atoms with van der Waals surface area (Å²) in [5.41, 5.74) is 9.40. The van der Waals surface area contributed by atoms with E-state index in [4.69, 9.17) is 5.73 Å². The van der Waals surface area contributed by atoms with Crippen LogP contribution >= 0.6 is 12.4 Å². The molecule has 1 unspecified atom stereocenters. The predicted octanol–water partition coefficient (Wildman–Crippen LogP) is 3.61. The zero-order chi connectivity index (χ0) is 16.4. The Bertz CT molecular complexity index is 738. The van der Waals surface area contributed by atoms with E-state index >= 15 is 0 Å². The monoisotopic (exact) mass is 349 g/mol. The molecular formula is C18H21ClFN3O. The third kappa shape index (κ3) is 3.62. The van der Waals surface area contributed by atoms with E-state index in [2.05, 4.69) is 10.2 Å². The first-order chi connectivity index (χ1) is 11.1. The topological polar surface area (TPSA) is 58.4 Å². The average molecular weight is 350 g/mol. The molecular weight excluding hydrogens is 329 g/mol. The van der Waals surface area contributed by atoms with Crippen molar-refractivity contribution >= 4 is 35.4 Å². The zero-order valence-electron chi connectivity index (χ0n) is 13.5. The van der Waals surface area contributed by atoms with Gasteiger partial charge in [0.05, 0.1) is 0 Å². The van der Waals surface area contributed by atoms with Crippen molar-refractivity contribution in [3.63, 3.8) is 0 Å². The van der Waals surface area contributed by atoms with Crippen molar-refractivity contribution in [3.8, 4) is 0 Å². The largest absolute Gasteiger partial charge is 0.398 e. The maximum absolute atomic E-state index is 13.2. The molecule has 0 radical (unpaired) electrons. The number of carbonyl (C=O) groups is 1. The molecule has 6 heteroatoms. The predicted molar refractivity (Wildman–Crippen MR) is 98.3 cm³/mol. The molecule has 1 aliphatic rings. The summed E-state index contributed by atoms with van der Waals surface area (Å²) in [5, 5.41) is 2.77. The first-order valence-corrected chi connectivity index (χ1v) is 7.76. The van der Waals surface area contributed by atoms with Gasteiger partial charge in [-0.25, -0.2) is 4.39 Å². The lowest BCUT2D eigenvalue weighted by molar-refractivity contribution is -0.117. The van der Waals surface area contributed by atoms with Crippen molar-refractivity contribution in [2.24, 2.45) is 0 Å². The third-order valence-corrected chi connectivity index (χ3v) is 4.26. The lowest BCUT2D eigenvalue weighted by Crippen LogP contribution is -2.44. The van der Waals surface area contributed by atoms with Crippen LogP contribution in [0.4, 0.5) is 21.5 Å². The summed E-state index contributed by atoms with van der Waals surface area (Å²) in [7, 11) is 0. The zero-order valence-corrected chi connectivity index (χ0v) is 14.3. The normalized spacial score (nSPS) is 14.3. The van der Waals surface area contributed by atoms with Crippen LogP contribution in [-0.2, 0) is 11.2 Å². The van der Waals surface area contributed by atoms with Crippen molar-refractivity contribution in [2.45, 2.75) is 25.8 Å². The molecule has 0 aromatic heterocycles. The van der Waals surface area contributed by atoms with Crippen molar-refractivity contribution in [1.29, 1.82) is 0 Å². The molecule has 0 aliphatic carbocycles. The molecule has 1 amide bonds. The molecule has 3 N–H and O–H groups in total. The highest BCUT2D eigenvalue weighted by molar-refractivity contribution is 5.97. The first kappa shape index (κ1) is 18.1. The van der Waals surface area contributed by atoms with E-state index in [0.29, 0.717) is 5.69 Å². The minimum Gasteiger partial charge on any atom is -0.398 e. The van der Waals surface area contributed by atoms with Crippen molar-refractivity contribution in [1.82, 2.24) is 0 Å². The quantitative estimate of drug-likeness (QED) is 0.832. The number of fused-ring (bicyclic) bond motifs is 1. The van der Waals surface area contributed by atoms with E-state index in [1.54, 1.807) is 12.1 Å². The van der Waals surface area contributed by atoms with Gasteiger partial charge in [-0.05, 0) is 55.7 Å². The maximum atomic E-state index is 13.2. The summed E-state index contributed by atoms with van der Waals surface area (Å²) in [4.78, 5) is 14.6. The van der Waals surface area contributed by atoms with Gasteiger partial charge in [0.25, 0.3) is 0 Å². The number of rotatable bonds is 3. The van der Waals surface area contributed by atoms with Gasteiger partial charge in [-0.2, -0.15) is 0 Å². The Balaban J connectivity index is 0.00000208. The Morgan fingerprint density at radius 3 is 2.79 bits per heavy atom. The third-order valence-electron chi connectivity index (χ3n) is 4.26. The minimum absolute atomic E-state index is 0. The Morgan fingerprint density at radius 1 is 1.29 bits per heavy atom. The van der Waals surface area contributed by atoms with Crippen LogP contribution in [0.15, 0.2) is 42.5 Å². The number of nitrogens with zero attached hydrogens (tertiary/aromatic N) is 1. The molecule has 0 saturated carbocycles. The smallest absolute Gasteiger partial charge is 0.246 e. The number of benzene rings is 2. The molecule has 0 spiro atoms. The molecule has 0 bridgehead atoms. The number of nitrogen functional groups attached to an aromatic ring is 1. The van der Waals surface area contributed by atoms with Gasteiger partial charge < -0.3 is 16.0 Å². The van der Waals surface area contributed by atoms with Gasteiger partial charge in [0.2, 0.25) is 5.91 Å². The van der Waals surface area contributed by atoms with Gasteiger partial charge >= 0.3 is 0 Å². The lowest BCUT2D eigenvalue weighted by Gasteiger charge is -2.36. The number of nitrogens with two attached hydrogens (primary N) is 1. The van der Waals surface area contributed by atoms with Crippen LogP contribution in [0.2, 0.25) is 0 Å². The SMILES string of the molecule is CC(C(=O)Nc1cccc(F)c1)N1CCCc2c(N)cccc21.Cl. The summed E-state index contributed by atoms with van der Waals surface area (Å²) in [6, 6.07) is 11.3. The minimum atomic E-state index is -0.369. The van der Waals surface area contributed by atoms with Crippen LogP contribution in [0.3, 0.4) is 0 Å². The Labute approximate surface area is 147 Å². The maximum Gasteiger partial charge on any atom is 0.246 e. The van der Waals surface area contributed by atoms with Gasteiger partial charge in [0, 0.05) is 23.6 Å². The van der Waals surface area contributed by atoms with E-state index in [0.717, 1.165) is 36.3 Å². The van der Waals surface area contributed by atoms with Gasteiger partial charge in [0.15, 0.2) is 0 Å². The Kier molecular flexibility index (Phi) is 5.67. The van der Waals surface area contributed by atoms with Crippen LogP contribution in [-0.4, -0.2) is 18.5 Å². The standard InChI is InChI=1S/C18H20FN3O.ClH/c1-12(18(23)21-14-6-2-5-13(19)11-14)22-10-4-7-15-16(20)8-3-9-17(15)22;/h2-3,5-6,8-9,11-12H,4,7,10,20H2,1H3,(H,21,23);1H. The molecule has 1 aliphatic heterocycles. The highest BCUT2D eigenvalue weighted by Crippen LogP contribution is 2.32. The summed E-state index contributed by atoms with van der Waals surface area (Å²) in [6.07, 6.45) is 1.88. The Morgan fingerprint density at radius 2 is 2.04 bits per heavy atom. The Hall–Kier alpha value is -2.27. The van der Waals surface area contributed by atoms with Crippen LogP contribution in [0.5, 0.6) is 0 Å². The molecule has 2 aromatic carbocycles. The van der Waals surface area contributed by atoms with Crippen molar-refractivity contribution < 1.29 is 9.18 Å². The number of hydrogen-bond donors (Lipinski definition) is 2. The second kappa shape index (κ2) is 7.53. The molecule has 3 rings (SSSR count). The number of amides is 1. The van der Waals surface area contributed by atoms with Crippen molar-refractivity contribution in [2.75, 3.05) is 22.5 Å². The molecule has 1 atom stereocenters. The highest BCUT2D eigenvalue weighted by Gasteiger charge is 2.26. The van der Waals surface area contributed by atoms with Crippen molar-refractivity contribution in [3.05, 3.63) is 53.8 Å². The second-order valence-electron chi connectivity index (χ2n) is 5.82. The summed E-state index contributed by atoms with van der Waals surface area (Å²) in [6.45, 7) is 2.65. The summed E-state index contributed by atoms with van der Waals surface area (Å²) >= 11 is 0. The first-order valence-electron chi connectivity index (χ1n) is 7.76. The molecule has 1 heterocycles. The number of hydrogen-bond acceptors (Lipinski definition) is 3. The van der Waals surface area contributed by atoms with Crippen LogP contribution in [0.1, 0.15) is 18.9 Å². The molecule has 0 saturated heterocycles. The average Bonchev–Trinajstić information content (AvgIpc) is 2.54. The fourth-order valence-electron chi connectivity index (χ4n) is 3.04. The fourth-order valence-corrected chi connectivity index (χ4v) is 3.04. The van der Waals surface area contributed by atoms with E-state index in [9.17, 15) is 9.18 Å². The lowest BCUT2D eigenvalue weighted by atomic mass is 9.98. The highest BCUT2D eigenvalue weighted by atomic mass is 35.5. The molecule has 24 heavy (non-hydrogen) atoms. The number of nitrogens with one attached hydrogen (secondary N) is 1. The molecule has 128 valence electrons. The van der Waals surface area contributed by atoms with Gasteiger partial charge in [-0.1, -0.05) is 12.1 Å². The molecule has 4 nitrogen and oxygen atoms in total. The van der Waals surface area contributed by atoms with E-state index in [1.165, 1.54) is 12.1 Å². The van der Waals surface area contributed by atoms with Crippen LogP contribution in [0.25, 0.3) is 0 Å². The fraction of sp³-hybridized carbons (Fsp3) is 0.278. The van der Waals surface area contributed by atoms with E-state index < -0.39 is 0 Å².